The first-order chi connectivity index (χ1) is 7.15. The average Bonchev–Trinajstić information content (AvgIpc) is 2.17. The van der Waals surface area contributed by atoms with E-state index in [2.05, 4.69) is 18.5 Å². The molecule has 0 heterocycles. The number of hydrogen-bond acceptors (Lipinski definition) is 2. The molecule has 1 unspecified atom stereocenters. The van der Waals surface area contributed by atoms with Crippen LogP contribution < -0.4 is 5.32 Å². The third-order valence-corrected chi connectivity index (χ3v) is 2.09. The summed E-state index contributed by atoms with van der Waals surface area (Å²) in [6.07, 6.45) is 3.99. The molecule has 0 saturated heterocycles. The molecule has 0 aromatic rings. The molecular formula is C12H22N2O. The Balaban J connectivity index is 4.11. The molecule has 0 rings (SSSR count). The van der Waals surface area contributed by atoms with E-state index in [1.165, 1.54) is 0 Å². The van der Waals surface area contributed by atoms with Crippen LogP contribution in [0.25, 0.3) is 0 Å². The van der Waals surface area contributed by atoms with Gasteiger partial charge in [0, 0.05) is 25.6 Å². The fourth-order valence-electron chi connectivity index (χ4n) is 1.40. The van der Waals surface area contributed by atoms with E-state index < -0.39 is 0 Å². The molecule has 0 aromatic heterocycles. The first-order valence-corrected chi connectivity index (χ1v) is 5.38. The summed E-state index contributed by atoms with van der Waals surface area (Å²) in [4.78, 5) is 13.5. The minimum absolute atomic E-state index is 0.142. The molecule has 0 aromatic carbocycles. The van der Waals surface area contributed by atoms with Gasteiger partial charge in [-0.25, -0.2) is 0 Å². The van der Waals surface area contributed by atoms with Gasteiger partial charge >= 0.3 is 0 Å². The van der Waals surface area contributed by atoms with Crippen molar-refractivity contribution in [3.05, 3.63) is 25.3 Å². The van der Waals surface area contributed by atoms with Crippen LogP contribution >= 0.6 is 0 Å². The summed E-state index contributed by atoms with van der Waals surface area (Å²) in [5.41, 5.74) is 0. The van der Waals surface area contributed by atoms with Crippen molar-refractivity contribution in [1.29, 1.82) is 0 Å². The summed E-state index contributed by atoms with van der Waals surface area (Å²) in [5.74, 6) is 0.142. The standard InChI is InChI=1S/C12H22N2O/c1-5-8-14(9-6-2)12(15)10-11(4)13-7-3/h5-6,11,13H,1-2,7-10H2,3-4H3. The van der Waals surface area contributed by atoms with Crippen molar-refractivity contribution in [2.45, 2.75) is 26.3 Å². The second-order valence-electron chi connectivity index (χ2n) is 3.54. The first-order valence-electron chi connectivity index (χ1n) is 5.38. The van der Waals surface area contributed by atoms with E-state index in [1.807, 2.05) is 13.8 Å². The Bertz CT molecular complexity index is 204. The van der Waals surface area contributed by atoms with Crippen LogP contribution in [-0.4, -0.2) is 36.5 Å². The molecule has 3 heteroatoms. The highest BCUT2D eigenvalue weighted by molar-refractivity contribution is 5.77. The molecular weight excluding hydrogens is 188 g/mol. The van der Waals surface area contributed by atoms with E-state index in [0.29, 0.717) is 19.5 Å². The summed E-state index contributed by atoms with van der Waals surface area (Å²) in [6, 6.07) is 0.222. The summed E-state index contributed by atoms with van der Waals surface area (Å²) >= 11 is 0. The minimum Gasteiger partial charge on any atom is -0.335 e. The van der Waals surface area contributed by atoms with Gasteiger partial charge in [0.25, 0.3) is 0 Å². The summed E-state index contributed by atoms with van der Waals surface area (Å²) in [7, 11) is 0. The topological polar surface area (TPSA) is 32.3 Å². The maximum Gasteiger partial charge on any atom is 0.224 e. The first kappa shape index (κ1) is 13.9. The highest BCUT2D eigenvalue weighted by Gasteiger charge is 2.13. The molecule has 86 valence electrons. The lowest BCUT2D eigenvalue weighted by molar-refractivity contribution is -0.130. The van der Waals surface area contributed by atoms with Gasteiger partial charge < -0.3 is 10.2 Å². The Kier molecular flexibility index (Phi) is 7.64. The average molecular weight is 210 g/mol. The third-order valence-electron chi connectivity index (χ3n) is 2.09. The van der Waals surface area contributed by atoms with Crippen LogP contribution in [-0.2, 0) is 4.79 Å². The van der Waals surface area contributed by atoms with E-state index in [1.54, 1.807) is 17.1 Å². The van der Waals surface area contributed by atoms with Gasteiger partial charge in [-0.3, -0.25) is 4.79 Å². The van der Waals surface area contributed by atoms with Crippen molar-refractivity contribution < 1.29 is 4.79 Å². The highest BCUT2D eigenvalue weighted by Crippen LogP contribution is 1.99. The second-order valence-corrected chi connectivity index (χ2v) is 3.54. The number of hydrogen-bond donors (Lipinski definition) is 1. The molecule has 0 bridgehead atoms. The Morgan fingerprint density at radius 3 is 2.33 bits per heavy atom. The maximum atomic E-state index is 11.8. The zero-order valence-electron chi connectivity index (χ0n) is 9.83. The Morgan fingerprint density at radius 1 is 1.40 bits per heavy atom. The Morgan fingerprint density at radius 2 is 1.93 bits per heavy atom. The van der Waals surface area contributed by atoms with Crippen molar-refractivity contribution in [1.82, 2.24) is 10.2 Å². The van der Waals surface area contributed by atoms with Gasteiger partial charge in [-0.1, -0.05) is 19.1 Å². The van der Waals surface area contributed by atoms with Crippen molar-refractivity contribution in [3.8, 4) is 0 Å². The SMILES string of the molecule is C=CCN(CC=C)C(=O)CC(C)NCC. The number of nitrogens with zero attached hydrogens (tertiary/aromatic N) is 1. The molecule has 15 heavy (non-hydrogen) atoms. The monoisotopic (exact) mass is 210 g/mol. The smallest absolute Gasteiger partial charge is 0.224 e. The molecule has 0 spiro atoms. The molecule has 0 aliphatic rings. The van der Waals surface area contributed by atoms with Gasteiger partial charge in [0.1, 0.15) is 0 Å². The largest absolute Gasteiger partial charge is 0.335 e. The molecule has 0 saturated carbocycles. The fourth-order valence-corrected chi connectivity index (χ4v) is 1.40. The lowest BCUT2D eigenvalue weighted by Crippen LogP contribution is -2.37. The van der Waals surface area contributed by atoms with E-state index in [9.17, 15) is 4.79 Å². The predicted molar refractivity (Wildman–Crippen MR) is 64.7 cm³/mol. The van der Waals surface area contributed by atoms with Crippen LogP contribution in [0.2, 0.25) is 0 Å². The van der Waals surface area contributed by atoms with Crippen LogP contribution in [0.3, 0.4) is 0 Å². The lowest BCUT2D eigenvalue weighted by Gasteiger charge is -2.21. The second kappa shape index (κ2) is 8.24. The molecule has 3 nitrogen and oxygen atoms in total. The number of carbonyl (C=O) groups is 1. The van der Waals surface area contributed by atoms with Crippen LogP contribution in [0.15, 0.2) is 25.3 Å². The van der Waals surface area contributed by atoms with Crippen molar-refractivity contribution in [3.63, 3.8) is 0 Å². The van der Waals surface area contributed by atoms with Crippen LogP contribution in [0.5, 0.6) is 0 Å². The number of carbonyl (C=O) groups excluding carboxylic acids is 1. The molecule has 0 aliphatic heterocycles. The summed E-state index contributed by atoms with van der Waals surface area (Å²) < 4.78 is 0. The maximum absolute atomic E-state index is 11.8. The number of nitrogens with one attached hydrogen (secondary N) is 1. The number of amides is 1. The minimum atomic E-state index is 0.142. The van der Waals surface area contributed by atoms with Gasteiger partial charge in [0.05, 0.1) is 0 Å². The zero-order chi connectivity index (χ0) is 11.7. The Hall–Kier alpha value is -1.09. The summed E-state index contributed by atoms with van der Waals surface area (Å²) in [6.45, 7) is 13.4. The fraction of sp³-hybridized carbons (Fsp3) is 0.583. The van der Waals surface area contributed by atoms with Crippen molar-refractivity contribution in [2.75, 3.05) is 19.6 Å². The van der Waals surface area contributed by atoms with Gasteiger partial charge in [0.2, 0.25) is 5.91 Å². The Labute approximate surface area is 92.8 Å². The predicted octanol–water partition coefficient (Wildman–Crippen LogP) is 1.58. The highest BCUT2D eigenvalue weighted by atomic mass is 16.2. The van der Waals surface area contributed by atoms with Gasteiger partial charge in [-0.05, 0) is 13.5 Å². The molecule has 0 aliphatic carbocycles. The van der Waals surface area contributed by atoms with Crippen LogP contribution in [0.4, 0.5) is 0 Å². The molecule has 0 radical (unpaired) electrons. The van der Waals surface area contributed by atoms with Gasteiger partial charge in [-0.2, -0.15) is 0 Å². The van der Waals surface area contributed by atoms with Crippen molar-refractivity contribution >= 4 is 5.91 Å². The van der Waals surface area contributed by atoms with E-state index in [4.69, 9.17) is 0 Å². The van der Waals surface area contributed by atoms with E-state index in [-0.39, 0.29) is 11.9 Å². The van der Waals surface area contributed by atoms with Gasteiger partial charge in [0.15, 0.2) is 0 Å². The number of rotatable bonds is 8. The van der Waals surface area contributed by atoms with Crippen LogP contribution in [0.1, 0.15) is 20.3 Å². The van der Waals surface area contributed by atoms with Crippen molar-refractivity contribution in [2.24, 2.45) is 0 Å². The van der Waals surface area contributed by atoms with E-state index >= 15 is 0 Å². The molecule has 0 fully saturated rings. The van der Waals surface area contributed by atoms with E-state index in [0.717, 1.165) is 6.54 Å². The molecule has 1 atom stereocenters. The molecule has 1 amide bonds. The zero-order valence-corrected chi connectivity index (χ0v) is 9.83. The van der Waals surface area contributed by atoms with Crippen LogP contribution in [0, 0.1) is 0 Å². The van der Waals surface area contributed by atoms with Gasteiger partial charge in [-0.15, -0.1) is 13.2 Å². The third kappa shape index (κ3) is 6.07. The quantitative estimate of drug-likeness (QED) is 0.617. The normalized spacial score (nSPS) is 11.9. The lowest BCUT2D eigenvalue weighted by atomic mass is 10.2. The molecule has 1 N–H and O–H groups in total. The summed E-state index contributed by atoms with van der Waals surface area (Å²) in [5, 5.41) is 3.22.